The highest BCUT2D eigenvalue weighted by molar-refractivity contribution is 5.80. The molecule has 1 aromatic rings. The monoisotopic (exact) mass is 203 g/mol. The van der Waals surface area contributed by atoms with Gasteiger partial charge in [-0.3, -0.25) is 0 Å². The Hall–Kier alpha value is -2.10. The fraction of sp³-hybridized carbons (Fsp3) is 0.0909. The second kappa shape index (κ2) is 6.37. The second-order valence-electron chi connectivity index (χ2n) is 2.74. The maximum Gasteiger partial charge on any atom is 0.334 e. The van der Waals surface area contributed by atoms with E-state index in [0.29, 0.717) is 0 Å². The van der Waals surface area contributed by atoms with E-state index in [9.17, 15) is 4.79 Å². The van der Waals surface area contributed by atoms with E-state index in [-0.39, 0.29) is 6.03 Å². The third-order valence-corrected chi connectivity index (χ3v) is 1.64. The first-order valence-electron chi connectivity index (χ1n) is 4.55. The average molecular weight is 203 g/mol. The third kappa shape index (κ3) is 4.61. The number of benzene rings is 1. The van der Waals surface area contributed by atoms with Crippen LogP contribution >= 0.6 is 0 Å². The summed E-state index contributed by atoms with van der Waals surface area (Å²) < 4.78 is 0. The Labute approximate surface area is 88.7 Å². The molecule has 4 heteroatoms. The minimum absolute atomic E-state index is 0.334. The first kappa shape index (κ1) is 11.0. The van der Waals surface area contributed by atoms with Crippen LogP contribution in [0.25, 0.3) is 6.08 Å². The molecule has 0 aliphatic rings. The molecule has 15 heavy (non-hydrogen) atoms. The van der Waals surface area contributed by atoms with Crippen molar-refractivity contribution < 1.29 is 4.79 Å². The number of nitrogens with zero attached hydrogens (tertiary/aromatic N) is 1. The number of allylic oxidation sites excluding steroid dienone is 1. The van der Waals surface area contributed by atoms with Gasteiger partial charge >= 0.3 is 6.03 Å². The van der Waals surface area contributed by atoms with Crippen LogP contribution in [0.4, 0.5) is 4.79 Å². The number of hydrogen-bond acceptors (Lipinski definition) is 2. The van der Waals surface area contributed by atoms with Crippen molar-refractivity contribution in [1.29, 1.82) is 0 Å². The molecule has 0 fully saturated rings. The molecule has 0 aromatic heterocycles. The maximum atomic E-state index is 10.7. The minimum atomic E-state index is -0.334. The molecular formula is C11H13N3O. The van der Waals surface area contributed by atoms with Crippen molar-refractivity contribution in [3.05, 3.63) is 42.0 Å². The number of carbonyl (C=O) groups excluding carboxylic acids is 1. The van der Waals surface area contributed by atoms with Gasteiger partial charge in [-0.15, -0.1) is 0 Å². The normalized spacial score (nSPS) is 10.7. The molecule has 0 bridgehead atoms. The van der Waals surface area contributed by atoms with Crippen molar-refractivity contribution in [3.8, 4) is 0 Å². The van der Waals surface area contributed by atoms with Gasteiger partial charge in [-0.2, -0.15) is 5.10 Å². The van der Waals surface area contributed by atoms with Gasteiger partial charge in [0.1, 0.15) is 0 Å². The van der Waals surface area contributed by atoms with Crippen molar-refractivity contribution >= 4 is 18.3 Å². The molecule has 0 atom stereocenters. The summed E-state index contributed by atoms with van der Waals surface area (Å²) in [6.45, 7) is 0. The largest absolute Gasteiger partial charge is 0.340 e. The molecule has 4 nitrogen and oxygen atoms in total. The summed E-state index contributed by atoms with van der Waals surface area (Å²) in [7, 11) is 1.53. The number of nitrogens with one attached hydrogen (secondary N) is 2. The third-order valence-electron chi connectivity index (χ3n) is 1.64. The highest BCUT2D eigenvalue weighted by atomic mass is 16.2. The lowest BCUT2D eigenvalue weighted by Crippen LogP contribution is -2.28. The molecule has 0 heterocycles. The molecular weight excluding hydrogens is 190 g/mol. The number of carbonyl (C=O) groups is 1. The summed E-state index contributed by atoms with van der Waals surface area (Å²) in [5.74, 6) is 0. The van der Waals surface area contributed by atoms with Crippen molar-refractivity contribution in [2.45, 2.75) is 0 Å². The number of urea groups is 1. The predicted molar refractivity (Wildman–Crippen MR) is 61.6 cm³/mol. The van der Waals surface area contributed by atoms with Crippen LogP contribution in [-0.4, -0.2) is 19.3 Å². The number of rotatable bonds is 3. The Morgan fingerprint density at radius 3 is 2.73 bits per heavy atom. The minimum Gasteiger partial charge on any atom is -0.340 e. The SMILES string of the molecule is CNC(=O)N/N=C/C=Cc1ccccc1. The lowest BCUT2D eigenvalue weighted by molar-refractivity contribution is 0.243. The first-order valence-corrected chi connectivity index (χ1v) is 4.55. The molecule has 78 valence electrons. The number of hydrogen-bond donors (Lipinski definition) is 2. The second-order valence-corrected chi connectivity index (χ2v) is 2.74. The van der Waals surface area contributed by atoms with Crippen molar-refractivity contribution in [2.75, 3.05) is 7.05 Å². The van der Waals surface area contributed by atoms with E-state index in [1.54, 1.807) is 6.08 Å². The maximum absolute atomic E-state index is 10.7. The van der Waals surface area contributed by atoms with E-state index >= 15 is 0 Å². The lowest BCUT2D eigenvalue weighted by Gasteiger charge is -1.93. The van der Waals surface area contributed by atoms with E-state index in [0.717, 1.165) is 5.56 Å². The van der Waals surface area contributed by atoms with Crippen LogP contribution in [-0.2, 0) is 0 Å². The summed E-state index contributed by atoms with van der Waals surface area (Å²) in [6.07, 6.45) is 5.17. The fourth-order valence-corrected chi connectivity index (χ4v) is 0.913. The molecule has 0 saturated carbocycles. The predicted octanol–water partition coefficient (Wildman–Crippen LogP) is 1.61. The molecule has 0 saturated heterocycles. The van der Waals surface area contributed by atoms with Gasteiger partial charge in [-0.05, 0) is 11.6 Å². The summed E-state index contributed by atoms with van der Waals surface area (Å²) in [5, 5.41) is 6.07. The Morgan fingerprint density at radius 1 is 1.33 bits per heavy atom. The van der Waals surface area contributed by atoms with Gasteiger partial charge in [0.05, 0.1) is 0 Å². The van der Waals surface area contributed by atoms with Crippen molar-refractivity contribution in [2.24, 2.45) is 5.10 Å². The zero-order valence-corrected chi connectivity index (χ0v) is 8.47. The van der Waals surface area contributed by atoms with Gasteiger partial charge in [0.15, 0.2) is 0 Å². The zero-order chi connectivity index (χ0) is 10.9. The number of hydrazone groups is 1. The highest BCUT2D eigenvalue weighted by Gasteiger charge is 1.87. The van der Waals surface area contributed by atoms with Gasteiger partial charge in [0, 0.05) is 13.3 Å². The summed E-state index contributed by atoms with van der Waals surface area (Å²) in [6, 6.07) is 9.50. The molecule has 1 rings (SSSR count). The Morgan fingerprint density at radius 2 is 2.07 bits per heavy atom. The molecule has 0 unspecified atom stereocenters. The summed E-state index contributed by atoms with van der Waals surface area (Å²) in [5.41, 5.74) is 3.37. The molecule has 0 aliphatic heterocycles. The fourth-order valence-electron chi connectivity index (χ4n) is 0.913. The molecule has 0 aliphatic carbocycles. The first-order chi connectivity index (χ1) is 7.33. The van der Waals surface area contributed by atoms with Crippen LogP contribution in [0.3, 0.4) is 0 Å². The van der Waals surface area contributed by atoms with Gasteiger partial charge in [0.25, 0.3) is 0 Å². The van der Waals surface area contributed by atoms with E-state index in [1.807, 2.05) is 36.4 Å². The quantitative estimate of drug-likeness (QED) is 0.569. The summed E-state index contributed by atoms with van der Waals surface area (Å²) >= 11 is 0. The van der Waals surface area contributed by atoms with Gasteiger partial charge in [-0.25, -0.2) is 10.2 Å². The van der Waals surface area contributed by atoms with Crippen LogP contribution < -0.4 is 10.7 Å². The Balaban J connectivity index is 2.37. The van der Waals surface area contributed by atoms with E-state index < -0.39 is 0 Å². The molecule has 0 spiro atoms. The van der Waals surface area contributed by atoms with Crippen LogP contribution in [0.1, 0.15) is 5.56 Å². The topological polar surface area (TPSA) is 53.5 Å². The van der Waals surface area contributed by atoms with Crippen LogP contribution in [0.2, 0.25) is 0 Å². The lowest BCUT2D eigenvalue weighted by atomic mass is 10.2. The molecule has 1 aromatic carbocycles. The van der Waals surface area contributed by atoms with Crippen molar-refractivity contribution in [1.82, 2.24) is 10.7 Å². The zero-order valence-electron chi connectivity index (χ0n) is 8.47. The van der Waals surface area contributed by atoms with Gasteiger partial charge < -0.3 is 5.32 Å². The van der Waals surface area contributed by atoms with Crippen LogP contribution in [0.15, 0.2) is 41.5 Å². The Kier molecular flexibility index (Phi) is 4.66. The Bertz CT molecular complexity index is 357. The molecule has 2 amide bonds. The highest BCUT2D eigenvalue weighted by Crippen LogP contribution is 1.99. The smallest absolute Gasteiger partial charge is 0.334 e. The summed E-state index contributed by atoms with van der Waals surface area (Å²) in [4.78, 5) is 10.7. The standard InChI is InChI=1S/C11H13N3O/c1-12-11(15)14-13-9-5-8-10-6-3-2-4-7-10/h2-9H,1H3,(H2,12,14,15)/b8-5?,13-9+. The molecule has 2 N–H and O–H groups in total. The van der Waals surface area contributed by atoms with Crippen molar-refractivity contribution in [3.63, 3.8) is 0 Å². The number of amides is 2. The van der Waals surface area contributed by atoms with E-state index in [2.05, 4.69) is 15.8 Å². The van der Waals surface area contributed by atoms with Gasteiger partial charge in [0.2, 0.25) is 0 Å². The van der Waals surface area contributed by atoms with Crippen LogP contribution in [0.5, 0.6) is 0 Å². The van der Waals surface area contributed by atoms with Gasteiger partial charge in [-0.1, -0.05) is 36.4 Å². The van der Waals surface area contributed by atoms with Crippen LogP contribution in [0, 0.1) is 0 Å². The average Bonchev–Trinajstić information content (AvgIpc) is 2.29. The van der Waals surface area contributed by atoms with E-state index in [4.69, 9.17) is 0 Å². The molecule has 0 radical (unpaired) electrons. The van der Waals surface area contributed by atoms with E-state index in [1.165, 1.54) is 13.3 Å².